The average molecular weight is 393 g/mol. The first-order chi connectivity index (χ1) is 11.3. The van der Waals surface area contributed by atoms with E-state index in [1.807, 2.05) is 37.3 Å². The van der Waals surface area contributed by atoms with Gasteiger partial charge in [0.1, 0.15) is 4.60 Å². The highest BCUT2D eigenvalue weighted by Gasteiger charge is 2.30. The summed E-state index contributed by atoms with van der Waals surface area (Å²) in [5.41, 5.74) is 2.89. The van der Waals surface area contributed by atoms with Crippen LogP contribution < -0.4 is 0 Å². The van der Waals surface area contributed by atoms with E-state index in [4.69, 9.17) is 0 Å². The molecule has 0 unspecified atom stereocenters. The highest BCUT2D eigenvalue weighted by molar-refractivity contribution is 9.10. The number of alkyl halides is 3. The number of aryl methyl sites for hydroxylation is 1. The SMILES string of the molecule is Cc1cc(-c2ccc(C(F)(F)F)cc2)nc(-c2cccc(Br)n2)c1. The van der Waals surface area contributed by atoms with E-state index in [0.29, 0.717) is 27.2 Å². The van der Waals surface area contributed by atoms with Gasteiger partial charge < -0.3 is 0 Å². The van der Waals surface area contributed by atoms with Crippen LogP contribution in [-0.4, -0.2) is 9.97 Å². The molecule has 1 aromatic carbocycles. The highest BCUT2D eigenvalue weighted by Crippen LogP contribution is 2.31. The van der Waals surface area contributed by atoms with Gasteiger partial charge in [0.05, 0.1) is 22.6 Å². The third-order valence-corrected chi connectivity index (χ3v) is 3.90. The molecule has 0 fully saturated rings. The molecule has 0 amide bonds. The zero-order chi connectivity index (χ0) is 17.3. The number of aromatic nitrogens is 2. The summed E-state index contributed by atoms with van der Waals surface area (Å²) in [7, 11) is 0. The Bertz CT molecular complexity index is 874. The van der Waals surface area contributed by atoms with Gasteiger partial charge in [-0.05, 0) is 64.8 Å². The van der Waals surface area contributed by atoms with Gasteiger partial charge in [0.15, 0.2) is 0 Å². The molecule has 0 aliphatic carbocycles. The third-order valence-electron chi connectivity index (χ3n) is 3.46. The number of pyridine rings is 2. The van der Waals surface area contributed by atoms with Gasteiger partial charge in [-0.15, -0.1) is 0 Å². The van der Waals surface area contributed by atoms with Gasteiger partial charge in [-0.25, -0.2) is 9.97 Å². The van der Waals surface area contributed by atoms with Gasteiger partial charge in [-0.2, -0.15) is 13.2 Å². The van der Waals surface area contributed by atoms with Gasteiger partial charge in [0.25, 0.3) is 0 Å². The molecule has 0 atom stereocenters. The second-order valence-electron chi connectivity index (χ2n) is 5.34. The smallest absolute Gasteiger partial charge is 0.246 e. The fourth-order valence-corrected chi connectivity index (χ4v) is 2.67. The van der Waals surface area contributed by atoms with Crippen molar-refractivity contribution in [2.75, 3.05) is 0 Å². The van der Waals surface area contributed by atoms with Crippen molar-refractivity contribution in [1.82, 2.24) is 9.97 Å². The van der Waals surface area contributed by atoms with Crippen LogP contribution in [0.5, 0.6) is 0 Å². The average Bonchev–Trinajstić information content (AvgIpc) is 2.53. The van der Waals surface area contributed by atoms with Crippen LogP contribution in [-0.2, 0) is 6.18 Å². The van der Waals surface area contributed by atoms with Crippen LogP contribution in [0.2, 0.25) is 0 Å². The number of rotatable bonds is 2. The molecule has 0 spiro atoms. The number of nitrogens with zero attached hydrogens (tertiary/aromatic N) is 2. The monoisotopic (exact) mass is 392 g/mol. The molecule has 122 valence electrons. The van der Waals surface area contributed by atoms with Crippen molar-refractivity contribution in [3.63, 3.8) is 0 Å². The maximum atomic E-state index is 12.7. The standard InChI is InChI=1S/C18H12BrF3N2/c1-11-9-15(12-5-7-13(8-6-12)18(20,21)22)23-16(10-11)14-3-2-4-17(19)24-14/h2-10H,1H3. The van der Waals surface area contributed by atoms with Crippen molar-refractivity contribution in [3.05, 3.63) is 70.3 Å². The van der Waals surface area contributed by atoms with Gasteiger partial charge in [-0.1, -0.05) is 18.2 Å². The zero-order valence-electron chi connectivity index (χ0n) is 12.6. The molecule has 0 N–H and O–H groups in total. The van der Waals surface area contributed by atoms with Crippen LogP contribution in [0.3, 0.4) is 0 Å². The normalized spacial score (nSPS) is 11.5. The van der Waals surface area contributed by atoms with Crippen molar-refractivity contribution in [1.29, 1.82) is 0 Å². The van der Waals surface area contributed by atoms with E-state index in [9.17, 15) is 13.2 Å². The lowest BCUT2D eigenvalue weighted by Crippen LogP contribution is -2.04. The maximum absolute atomic E-state index is 12.7. The fraction of sp³-hybridized carbons (Fsp3) is 0.111. The predicted molar refractivity (Wildman–Crippen MR) is 90.3 cm³/mol. The Balaban J connectivity index is 2.03. The van der Waals surface area contributed by atoms with Gasteiger partial charge in [0, 0.05) is 5.56 Å². The van der Waals surface area contributed by atoms with E-state index in [0.717, 1.165) is 17.7 Å². The quantitative estimate of drug-likeness (QED) is 0.507. The van der Waals surface area contributed by atoms with E-state index in [1.54, 1.807) is 0 Å². The molecule has 24 heavy (non-hydrogen) atoms. The number of benzene rings is 1. The molecule has 0 bridgehead atoms. The van der Waals surface area contributed by atoms with Crippen molar-refractivity contribution in [2.45, 2.75) is 13.1 Å². The topological polar surface area (TPSA) is 25.8 Å². The molecule has 0 saturated carbocycles. The lowest BCUT2D eigenvalue weighted by Gasteiger charge is -2.09. The van der Waals surface area contributed by atoms with Crippen LogP contribution in [0.15, 0.2) is 59.2 Å². The number of halogens is 4. The second-order valence-corrected chi connectivity index (χ2v) is 6.15. The van der Waals surface area contributed by atoms with E-state index in [2.05, 4.69) is 25.9 Å². The number of hydrogen-bond acceptors (Lipinski definition) is 2. The Hall–Kier alpha value is -2.21. The molecule has 0 radical (unpaired) electrons. The summed E-state index contributed by atoms with van der Waals surface area (Å²) in [6.07, 6.45) is -4.34. The Morgan fingerprint density at radius 1 is 0.833 bits per heavy atom. The van der Waals surface area contributed by atoms with Crippen LogP contribution in [0, 0.1) is 6.92 Å². The molecule has 2 aromatic heterocycles. The number of hydrogen-bond donors (Lipinski definition) is 0. The van der Waals surface area contributed by atoms with Crippen LogP contribution in [0.4, 0.5) is 13.2 Å². The first-order valence-corrected chi connectivity index (χ1v) is 7.91. The Morgan fingerprint density at radius 2 is 1.50 bits per heavy atom. The van der Waals surface area contributed by atoms with Crippen LogP contribution >= 0.6 is 15.9 Å². The van der Waals surface area contributed by atoms with Gasteiger partial charge in [0.2, 0.25) is 0 Å². The minimum absolute atomic E-state index is 0.612. The van der Waals surface area contributed by atoms with Crippen LogP contribution in [0.1, 0.15) is 11.1 Å². The molecule has 6 heteroatoms. The zero-order valence-corrected chi connectivity index (χ0v) is 14.2. The van der Waals surface area contributed by atoms with Crippen molar-refractivity contribution in [3.8, 4) is 22.6 Å². The van der Waals surface area contributed by atoms with Crippen molar-refractivity contribution < 1.29 is 13.2 Å². The third kappa shape index (κ3) is 3.64. The molecule has 0 aliphatic rings. The summed E-state index contributed by atoms with van der Waals surface area (Å²) in [6.45, 7) is 1.91. The highest BCUT2D eigenvalue weighted by atomic mass is 79.9. The largest absolute Gasteiger partial charge is 0.416 e. The molecule has 3 aromatic rings. The lowest BCUT2D eigenvalue weighted by molar-refractivity contribution is -0.137. The predicted octanol–water partition coefficient (Wildman–Crippen LogP) is 5.90. The Morgan fingerprint density at radius 3 is 2.12 bits per heavy atom. The minimum Gasteiger partial charge on any atom is -0.246 e. The maximum Gasteiger partial charge on any atom is 0.416 e. The van der Waals surface area contributed by atoms with E-state index < -0.39 is 11.7 Å². The molecule has 2 heterocycles. The minimum atomic E-state index is -4.34. The van der Waals surface area contributed by atoms with Gasteiger partial charge in [-0.3, -0.25) is 0 Å². The van der Waals surface area contributed by atoms with E-state index >= 15 is 0 Å². The summed E-state index contributed by atoms with van der Waals surface area (Å²) in [5.74, 6) is 0. The lowest BCUT2D eigenvalue weighted by atomic mass is 10.1. The fourth-order valence-electron chi connectivity index (χ4n) is 2.33. The Kier molecular flexibility index (Phi) is 4.41. The molecule has 2 nitrogen and oxygen atoms in total. The van der Waals surface area contributed by atoms with Crippen molar-refractivity contribution >= 4 is 15.9 Å². The molecule has 0 aliphatic heterocycles. The Labute approximate surface area is 145 Å². The first kappa shape index (κ1) is 16.6. The summed E-state index contributed by atoms with van der Waals surface area (Å²) >= 11 is 3.32. The van der Waals surface area contributed by atoms with E-state index in [1.165, 1.54) is 12.1 Å². The van der Waals surface area contributed by atoms with Crippen molar-refractivity contribution in [2.24, 2.45) is 0 Å². The summed E-state index contributed by atoms with van der Waals surface area (Å²) in [4.78, 5) is 8.91. The molecule has 0 saturated heterocycles. The summed E-state index contributed by atoms with van der Waals surface area (Å²) in [5, 5.41) is 0. The second kappa shape index (κ2) is 6.36. The molecule has 3 rings (SSSR count). The molecular weight excluding hydrogens is 381 g/mol. The molecular formula is C18H12BrF3N2. The van der Waals surface area contributed by atoms with Crippen LogP contribution in [0.25, 0.3) is 22.6 Å². The summed E-state index contributed by atoms with van der Waals surface area (Å²) in [6, 6.07) is 14.2. The van der Waals surface area contributed by atoms with Gasteiger partial charge >= 0.3 is 6.18 Å². The van der Waals surface area contributed by atoms with E-state index in [-0.39, 0.29) is 0 Å². The summed E-state index contributed by atoms with van der Waals surface area (Å²) < 4.78 is 38.7. The first-order valence-electron chi connectivity index (χ1n) is 7.12.